The van der Waals surface area contributed by atoms with Crippen molar-refractivity contribution in [1.82, 2.24) is 0 Å². The van der Waals surface area contributed by atoms with Gasteiger partial charge in [-0.15, -0.1) is 0 Å². The zero-order valence-electron chi connectivity index (χ0n) is 12.5. The van der Waals surface area contributed by atoms with E-state index in [4.69, 9.17) is 27.9 Å². The van der Waals surface area contributed by atoms with Crippen molar-refractivity contribution in [2.75, 3.05) is 17.7 Å². The Morgan fingerprint density at radius 2 is 1.96 bits per heavy atom. The van der Waals surface area contributed by atoms with E-state index in [2.05, 4.69) is 10.6 Å². The molecule has 4 nitrogen and oxygen atoms in total. The molecule has 2 N–H and O–H groups in total. The third-order valence-electron chi connectivity index (χ3n) is 3.12. The molecular weight excluding hydrogens is 342 g/mol. The summed E-state index contributed by atoms with van der Waals surface area (Å²) in [6.45, 7) is 1.65. The van der Waals surface area contributed by atoms with Gasteiger partial charge in [-0.2, -0.15) is 0 Å². The van der Waals surface area contributed by atoms with E-state index in [0.29, 0.717) is 16.5 Å². The molecule has 1 atom stereocenters. The van der Waals surface area contributed by atoms with Crippen molar-refractivity contribution in [3.8, 4) is 5.75 Å². The number of hydrogen-bond donors (Lipinski definition) is 2. The Balaban J connectivity index is 2.03. The molecular formula is C16H15Cl2FN2O2. The number of anilines is 2. The number of hydrogen-bond acceptors (Lipinski definition) is 3. The van der Waals surface area contributed by atoms with Gasteiger partial charge in [0.1, 0.15) is 17.6 Å². The van der Waals surface area contributed by atoms with Crippen LogP contribution in [0.5, 0.6) is 5.75 Å². The Morgan fingerprint density at radius 3 is 2.57 bits per heavy atom. The van der Waals surface area contributed by atoms with Gasteiger partial charge in [0.25, 0.3) is 0 Å². The van der Waals surface area contributed by atoms with Crippen molar-refractivity contribution < 1.29 is 13.9 Å². The van der Waals surface area contributed by atoms with Gasteiger partial charge in [0, 0.05) is 10.7 Å². The lowest BCUT2D eigenvalue weighted by Crippen LogP contribution is -2.32. The second kappa shape index (κ2) is 7.53. The number of nitrogens with one attached hydrogen (secondary N) is 2. The van der Waals surface area contributed by atoms with Crippen LogP contribution in [0.4, 0.5) is 15.8 Å². The van der Waals surface area contributed by atoms with E-state index in [1.165, 1.54) is 19.2 Å². The van der Waals surface area contributed by atoms with E-state index in [1.54, 1.807) is 25.1 Å². The molecule has 2 aromatic carbocycles. The summed E-state index contributed by atoms with van der Waals surface area (Å²) < 4.78 is 18.7. The van der Waals surface area contributed by atoms with Gasteiger partial charge in [-0.3, -0.25) is 4.79 Å². The minimum atomic E-state index is -0.602. The van der Waals surface area contributed by atoms with Crippen LogP contribution < -0.4 is 15.4 Å². The predicted octanol–water partition coefficient (Wildman–Crippen LogP) is 4.58. The lowest BCUT2D eigenvalue weighted by Gasteiger charge is -2.16. The highest BCUT2D eigenvalue weighted by molar-refractivity contribution is 6.32. The average molecular weight is 357 g/mol. The number of rotatable bonds is 5. The van der Waals surface area contributed by atoms with Crippen molar-refractivity contribution in [2.24, 2.45) is 0 Å². The summed E-state index contributed by atoms with van der Waals surface area (Å²) in [7, 11) is 1.52. The summed E-state index contributed by atoms with van der Waals surface area (Å²) in [6, 6.07) is 8.51. The van der Waals surface area contributed by atoms with E-state index < -0.39 is 17.8 Å². The smallest absolute Gasteiger partial charge is 0.246 e. The fraction of sp³-hybridized carbons (Fsp3) is 0.188. The van der Waals surface area contributed by atoms with Gasteiger partial charge in [0.05, 0.1) is 17.8 Å². The normalized spacial score (nSPS) is 11.7. The second-order valence-corrected chi connectivity index (χ2v) is 5.67. The molecule has 2 rings (SSSR count). The fourth-order valence-corrected chi connectivity index (χ4v) is 2.32. The summed E-state index contributed by atoms with van der Waals surface area (Å²) in [6.07, 6.45) is 0. The van der Waals surface area contributed by atoms with Crippen molar-refractivity contribution in [2.45, 2.75) is 13.0 Å². The Bertz CT molecular complexity index is 725. The minimum Gasteiger partial charge on any atom is -0.495 e. The van der Waals surface area contributed by atoms with E-state index in [0.717, 1.165) is 6.07 Å². The summed E-state index contributed by atoms with van der Waals surface area (Å²) in [5.74, 6) is -0.443. The molecule has 1 unspecified atom stereocenters. The molecule has 7 heteroatoms. The topological polar surface area (TPSA) is 50.4 Å². The number of methoxy groups -OCH3 is 1. The summed E-state index contributed by atoms with van der Waals surface area (Å²) in [4.78, 5) is 12.1. The van der Waals surface area contributed by atoms with Gasteiger partial charge < -0.3 is 15.4 Å². The Hall–Kier alpha value is -1.98. The monoisotopic (exact) mass is 356 g/mol. The number of carbonyl (C=O) groups is 1. The van der Waals surface area contributed by atoms with Crippen LogP contribution in [0.25, 0.3) is 0 Å². The minimum absolute atomic E-state index is 0.0702. The molecule has 1 amide bonds. The lowest BCUT2D eigenvalue weighted by molar-refractivity contribution is -0.116. The predicted molar refractivity (Wildman–Crippen MR) is 91.1 cm³/mol. The molecule has 0 saturated carbocycles. The summed E-state index contributed by atoms with van der Waals surface area (Å²) in [5.41, 5.74) is 0.718. The molecule has 0 aromatic heterocycles. The van der Waals surface area contributed by atoms with Crippen LogP contribution in [-0.2, 0) is 4.79 Å². The quantitative estimate of drug-likeness (QED) is 0.824. The zero-order chi connectivity index (χ0) is 17.0. The van der Waals surface area contributed by atoms with Gasteiger partial charge in [-0.25, -0.2) is 4.39 Å². The fourth-order valence-electron chi connectivity index (χ4n) is 1.90. The number of amides is 1. The van der Waals surface area contributed by atoms with E-state index in [1.807, 2.05) is 0 Å². The molecule has 0 bridgehead atoms. The SMILES string of the molecule is COc1ccc(NC(C)C(=O)Nc2ccc(Cl)cc2F)cc1Cl. The highest BCUT2D eigenvalue weighted by atomic mass is 35.5. The molecule has 23 heavy (non-hydrogen) atoms. The van der Waals surface area contributed by atoms with Crippen molar-refractivity contribution in [1.29, 1.82) is 0 Å². The van der Waals surface area contributed by atoms with Gasteiger partial charge in [-0.1, -0.05) is 23.2 Å². The molecule has 0 fully saturated rings. The first-order valence-corrected chi connectivity index (χ1v) is 7.52. The van der Waals surface area contributed by atoms with Crippen LogP contribution in [0.3, 0.4) is 0 Å². The van der Waals surface area contributed by atoms with E-state index in [-0.39, 0.29) is 10.7 Å². The summed E-state index contributed by atoms with van der Waals surface area (Å²) in [5, 5.41) is 6.17. The highest BCUT2D eigenvalue weighted by Gasteiger charge is 2.15. The number of carbonyl (C=O) groups excluding carboxylic acids is 1. The van der Waals surface area contributed by atoms with Crippen LogP contribution >= 0.6 is 23.2 Å². The van der Waals surface area contributed by atoms with Crippen LogP contribution in [0, 0.1) is 5.82 Å². The molecule has 0 saturated heterocycles. The highest BCUT2D eigenvalue weighted by Crippen LogP contribution is 2.27. The van der Waals surface area contributed by atoms with Gasteiger partial charge in [0.2, 0.25) is 5.91 Å². The van der Waals surface area contributed by atoms with Crippen LogP contribution in [0.1, 0.15) is 6.92 Å². The number of halogens is 3. The van der Waals surface area contributed by atoms with Crippen LogP contribution in [0.2, 0.25) is 10.0 Å². The maximum absolute atomic E-state index is 13.7. The number of ether oxygens (including phenoxy) is 1. The molecule has 0 heterocycles. The first-order valence-electron chi connectivity index (χ1n) is 6.76. The van der Waals surface area contributed by atoms with Gasteiger partial charge in [0.15, 0.2) is 0 Å². The lowest BCUT2D eigenvalue weighted by atomic mass is 10.2. The second-order valence-electron chi connectivity index (χ2n) is 4.83. The van der Waals surface area contributed by atoms with Crippen molar-refractivity contribution in [3.63, 3.8) is 0 Å². The van der Waals surface area contributed by atoms with E-state index in [9.17, 15) is 9.18 Å². The molecule has 2 aromatic rings. The van der Waals surface area contributed by atoms with Crippen LogP contribution in [0.15, 0.2) is 36.4 Å². The summed E-state index contributed by atoms with van der Waals surface area (Å²) >= 11 is 11.7. The molecule has 122 valence electrons. The van der Waals surface area contributed by atoms with E-state index >= 15 is 0 Å². The zero-order valence-corrected chi connectivity index (χ0v) is 14.0. The van der Waals surface area contributed by atoms with Gasteiger partial charge in [-0.05, 0) is 43.3 Å². The van der Waals surface area contributed by atoms with Crippen molar-refractivity contribution >= 4 is 40.5 Å². The molecule has 0 spiro atoms. The molecule has 0 aliphatic carbocycles. The standard InChI is InChI=1S/C16H15Cl2FN2O2/c1-9(20-11-4-6-15(23-2)12(18)8-11)16(22)21-14-5-3-10(17)7-13(14)19/h3-9,20H,1-2H3,(H,21,22). The number of benzene rings is 2. The molecule has 0 aliphatic heterocycles. The third-order valence-corrected chi connectivity index (χ3v) is 3.65. The van der Waals surface area contributed by atoms with Crippen LogP contribution in [-0.4, -0.2) is 19.1 Å². The third kappa shape index (κ3) is 4.50. The first-order chi connectivity index (χ1) is 10.9. The van der Waals surface area contributed by atoms with Crippen molar-refractivity contribution in [3.05, 3.63) is 52.3 Å². The Kier molecular flexibility index (Phi) is 5.69. The maximum Gasteiger partial charge on any atom is 0.246 e. The Labute approximate surface area is 143 Å². The Morgan fingerprint density at radius 1 is 1.22 bits per heavy atom. The maximum atomic E-state index is 13.7. The molecule has 0 radical (unpaired) electrons. The first kappa shape index (κ1) is 17.4. The largest absolute Gasteiger partial charge is 0.495 e. The average Bonchev–Trinajstić information content (AvgIpc) is 2.50. The molecule has 0 aliphatic rings. The van der Waals surface area contributed by atoms with Gasteiger partial charge >= 0.3 is 0 Å².